The first kappa shape index (κ1) is 19.7. The Labute approximate surface area is 171 Å². The van der Waals surface area contributed by atoms with Crippen LogP contribution < -0.4 is 16.4 Å². The van der Waals surface area contributed by atoms with Crippen molar-refractivity contribution in [2.24, 2.45) is 5.73 Å². The molecule has 0 atom stereocenters. The number of carbonyl (C=O) groups is 1. The van der Waals surface area contributed by atoms with Gasteiger partial charge in [0.2, 0.25) is 0 Å². The van der Waals surface area contributed by atoms with Crippen molar-refractivity contribution in [1.29, 1.82) is 0 Å². The largest absolute Gasteiger partial charge is 0.478 e. The minimum absolute atomic E-state index is 0.0791. The summed E-state index contributed by atoms with van der Waals surface area (Å²) in [7, 11) is 0. The number of para-hydroxylation sites is 1. The Morgan fingerprint density at radius 3 is 2.68 bits per heavy atom. The molecule has 5 N–H and O–H groups in total. The number of nitrogens with two attached hydrogens (primary N) is 1. The molecule has 0 aliphatic heterocycles. The van der Waals surface area contributed by atoms with Crippen LogP contribution in [0.25, 0.3) is 22.3 Å². The number of hydrogen-bond acceptors (Lipinski definition) is 6. The van der Waals surface area contributed by atoms with E-state index in [-0.39, 0.29) is 5.82 Å². The molecule has 0 aliphatic rings. The predicted octanol–water partition coefficient (Wildman–Crippen LogP) is 3.49. The van der Waals surface area contributed by atoms with E-state index in [1.807, 2.05) is 24.3 Å². The molecule has 1 heterocycles. The van der Waals surface area contributed by atoms with Crippen molar-refractivity contribution in [2.75, 3.05) is 18.4 Å². The zero-order valence-electron chi connectivity index (χ0n) is 14.6. The van der Waals surface area contributed by atoms with E-state index in [9.17, 15) is 4.79 Å². The number of carboxylic acids is 1. The van der Waals surface area contributed by atoms with Gasteiger partial charge in [-0.3, -0.25) is 0 Å². The first-order chi connectivity index (χ1) is 13.4. The Morgan fingerprint density at radius 1 is 1.14 bits per heavy atom. The van der Waals surface area contributed by atoms with E-state index in [1.54, 1.807) is 18.2 Å². The quantitative estimate of drug-likeness (QED) is 0.343. The molecule has 0 bridgehead atoms. The highest BCUT2D eigenvalue weighted by Gasteiger charge is 2.12. The number of rotatable bonds is 7. The van der Waals surface area contributed by atoms with Crippen LogP contribution in [0.1, 0.15) is 0 Å². The van der Waals surface area contributed by atoms with Crippen molar-refractivity contribution in [1.82, 2.24) is 15.3 Å². The van der Waals surface area contributed by atoms with Crippen molar-refractivity contribution < 1.29 is 9.90 Å². The minimum atomic E-state index is -1.11. The maximum Gasteiger partial charge on any atom is 0.331 e. The molecular weight excluding hydrogens is 401 g/mol. The lowest BCUT2D eigenvalue weighted by Gasteiger charge is -2.12. The minimum Gasteiger partial charge on any atom is -0.478 e. The number of aliphatic carboxylic acids is 1. The Hall–Kier alpha value is -3.03. The molecule has 0 amide bonds. The third kappa shape index (κ3) is 4.82. The van der Waals surface area contributed by atoms with Gasteiger partial charge < -0.3 is 21.5 Å². The first-order valence-corrected chi connectivity index (χ1v) is 9.09. The molecule has 7 nitrogen and oxygen atoms in total. The number of anilines is 1. The fourth-order valence-corrected chi connectivity index (χ4v) is 3.07. The van der Waals surface area contributed by atoms with Gasteiger partial charge in [0.1, 0.15) is 11.6 Å². The zero-order chi connectivity index (χ0) is 20.1. The highest BCUT2D eigenvalue weighted by Crippen LogP contribution is 2.31. The highest BCUT2D eigenvalue weighted by molar-refractivity contribution is 6.36. The third-order valence-electron chi connectivity index (χ3n) is 3.80. The Bertz CT molecular complexity index is 1060. The molecule has 0 saturated carbocycles. The molecule has 9 heteroatoms. The van der Waals surface area contributed by atoms with Crippen molar-refractivity contribution >= 4 is 45.9 Å². The normalized spacial score (nSPS) is 11.4. The van der Waals surface area contributed by atoms with E-state index in [1.165, 1.54) is 0 Å². The number of fused-ring (bicyclic) bond motifs is 1. The van der Waals surface area contributed by atoms with Gasteiger partial charge in [-0.2, -0.15) is 0 Å². The molecule has 3 aromatic rings. The molecule has 0 radical (unpaired) electrons. The topological polar surface area (TPSA) is 113 Å². The Balaban J connectivity index is 1.86. The SMILES string of the molecule is NC(=CC(=O)O)NCCNc1nc(-c2ccc(Cl)cc2Cl)nc2ccccc12. The lowest BCUT2D eigenvalue weighted by atomic mass is 10.2. The second kappa shape index (κ2) is 8.77. The summed E-state index contributed by atoms with van der Waals surface area (Å²) in [4.78, 5) is 19.8. The molecule has 1 aromatic heterocycles. The smallest absolute Gasteiger partial charge is 0.331 e. The van der Waals surface area contributed by atoms with E-state index in [4.69, 9.17) is 34.0 Å². The molecule has 0 spiro atoms. The maximum absolute atomic E-state index is 10.6. The monoisotopic (exact) mass is 417 g/mol. The van der Waals surface area contributed by atoms with Crippen molar-refractivity contribution in [3.8, 4) is 11.4 Å². The molecule has 28 heavy (non-hydrogen) atoms. The summed E-state index contributed by atoms with van der Waals surface area (Å²) in [5.41, 5.74) is 7.00. The molecule has 0 unspecified atom stereocenters. The van der Waals surface area contributed by atoms with Crippen LogP contribution in [0.2, 0.25) is 10.0 Å². The van der Waals surface area contributed by atoms with Crippen molar-refractivity contribution in [3.05, 3.63) is 64.4 Å². The average molecular weight is 418 g/mol. The molecule has 144 valence electrons. The number of hydrogen-bond donors (Lipinski definition) is 4. The summed E-state index contributed by atoms with van der Waals surface area (Å²) in [6, 6.07) is 12.8. The number of carboxylic acid groups (broad SMARTS) is 1. The molecule has 0 saturated heterocycles. The van der Waals surface area contributed by atoms with Gasteiger partial charge in [-0.25, -0.2) is 14.8 Å². The molecule has 0 fully saturated rings. The van der Waals surface area contributed by atoms with Crippen LogP contribution in [0.3, 0.4) is 0 Å². The summed E-state index contributed by atoms with van der Waals surface area (Å²) in [6.07, 6.45) is 0.903. The second-order valence-electron chi connectivity index (χ2n) is 5.83. The Kier molecular flexibility index (Phi) is 6.18. The van der Waals surface area contributed by atoms with Crippen molar-refractivity contribution in [2.45, 2.75) is 0 Å². The van der Waals surface area contributed by atoms with Crippen molar-refractivity contribution in [3.63, 3.8) is 0 Å². The van der Waals surface area contributed by atoms with Crippen LogP contribution in [-0.2, 0) is 4.79 Å². The average Bonchev–Trinajstić information content (AvgIpc) is 2.64. The van der Waals surface area contributed by atoms with E-state index < -0.39 is 5.97 Å². The van der Waals surface area contributed by atoms with Crippen LogP contribution in [0, 0.1) is 0 Å². The molecule has 0 aliphatic carbocycles. The van der Waals surface area contributed by atoms with Gasteiger partial charge in [-0.1, -0.05) is 35.3 Å². The van der Waals surface area contributed by atoms with Crippen LogP contribution in [0.5, 0.6) is 0 Å². The summed E-state index contributed by atoms with van der Waals surface area (Å²) in [6.45, 7) is 0.869. The second-order valence-corrected chi connectivity index (χ2v) is 6.67. The standard InChI is InChI=1S/C19H17Cl2N5O2/c20-11-5-6-12(14(21)9-11)19-25-15-4-2-1-3-13(15)18(26-19)24-8-7-23-16(22)10-17(27)28/h1-6,9-10,23H,7-8,22H2,(H,27,28)(H,24,25,26). The Morgan fingerprint density at radius 2 is 1.93 bits per heavy atom. The fraction of sp³-hybridized carbons (Fsp3) is 0.105. The zero-order valence-corrected chi connectivity index (χ0v) is 16.1. The summed E-state index contributed by atoms with van der Waals surface area (Å²) in [5.74, 6) is 0.0787. The highest BCUT2D eigenvalue weighted by atomic mass is 35.5. The maximum atomic E-state index is 10.6. The summed E-state index contributed by atoms with van der Waals surface area (Å²) in [5, 5.41) is 16.5. The van der Waals surface area contributed by atoms with Crippen LogP contribution in [0.4, 0.5) is 5.82 Å². The van der Waals surface area contributed by atoms with E-state index in [0.29, 0.717) is 40.3 Å². The van der Waals surface area contributed by atoms with E-state index in [2.05, 4.69) is 20.6 Å². The summed E-state index contributed by atoms with van der Waals surface area (Å²) < 4.78 is 0. The van der Waals surface area contributed by atoms with Gasteiger partial charge in [0.25, 0.3) is 0 Å². The lowest BCUT2D eigenvalue weighted by Crippen LogP contribution is -2.27. The van der Waals surface area contributed by atoms with Gasteiger partial charge in [0.05, 0.1) is 16.6 Å². The molecule has 3 rings (SSSR count). The van der Waals surface area contributed by atoms with E-state index >= 15 is 0 Å². The molecular formula is C19H17Cl2N5O2. The molecule has 2 aromatic carbocycles. The van der Waals surface area contributed by atoms with Crippen LogP contribution >= 0.6 is 23.2 Å². The van der Waals surface area contributed by atoms with Gasteiger partial charge in [-0.05, 0) is 30.3 Å². The van der Waals surface area contributed by atoms with E-state index in [0.717, 1.165) is 17.0 Å². The third-order valence-corrected chi connectivity index (χ3v) is 4.35. The van der Waals surface area contributed by atoms with Gasteiger partial charge in [0, 0.05) is 29.1 Å². The lowest BCUT2D eigenvalue weighted by molar-refractivity contribution is -0.131. The van der Waals surface area contributed by atoms with Gasteiger partial charge >= 0.3 is 5.97 Å². The van der Waals surface area contributed by atoms with Crippen LogP contribution in [0.15, 0.2) is 54.4 Å². The number of aromatic nitrogens is 2. The fourth-order valence-electron chi connectivity index (χ4n) is 2.57. The van der Waals surface area contributed by atoms with Crippen LogP contribution in [-0.4, -0.2) is 34.1 Å². The van der Waals surface area contributed by atoms with Gasteiger partial charge in [0.15, 0.2) is 5.82 Å². The predicted molar refractivity (Wildman–Crippen MR) is 111 cm³/mol. The number of halogens is 2. The van der Waals surface area contributed by atoms with Gasteiger partial charge in [-0.15, -0.1) is 0 Å². The number of nitrogens with zero attached hydrogens (tertiary/aromatic N) is 2. The first-order valence-electron chi connectivity index (χ1n) is 8.34. The number of nitrogens with one attached hydrogen (secondary N) is 2. The number of benzene rings is 2. The summed E-state index contributed by atoms with van der Waals surface area (Å²) >= 11 is 12.3.